The summed E-state index contributed by atoms with van der Waals surface area (Å²) in [6, 6.07) is 66.3. The van der Waals surface area contributed by atoms with Gasteiger partial charge in [-0.25, -0.2) is 4.98 Å². The summed E-state index contributed by atoms with van der Waals surface area (Å²) >= 11 is 0. The average molecular weight is 800 g/mol. The Morgan fingerprint density at radius 2 is 1.02 bits per heavy atom. The number of aromatic hydroxyl groups is 1. The lowest BCUT2D eigenvalue weighted by Gasteiger charge is -2.17. The molecule has 0 radical (unpaired) electrons. The van der Waals surface area contributed by atoms with Gasteiger partial charge in [-0.05, 0) is 155 Å². The number of hydrogen-bond donors (Lipinski definition) is 1. The first kappa shape index (κ1) is 38.4. The number of fused-ring (bicyclic) bond motifs is 1. The molecule has 0 saturated carbocycles. The molecule has 298 valence electrons. The number of aryl methyl sites for hydroxylation is 3. The van der Waals surface area contributed by atoms with Crippen LogP contribution in [0.3, 0.4) is 0 Å². The fraction of sp³-hybridized carbons (Fsp3) is 0.0690. The van der Waals surface area contributed by atoms with E-state index in [2.05, 4.69) is 195 Å². The Morgan fingerprint density at radius 3 is 1.71 bits per heavy atom. The summed E-state index contributed by atoms with van der Waals surface area (Å²) in [7, 11) is 0. The minimum Gasteiger partial charge on any atom is -0.507 e. The van der Waals surface area contributed by atoms with E-state index in [0.29, 0.717) is 11.4 Å². The smallest absolute Gasteiger partial charge is 0.149 e. The van der Waals surface area contributed by atoms with Crippen LogP contribution >= 0.6 is 0 Å². The van der Waals surface area contributed by atoms with Crippen LogP contribution < -0.4 is 0 Å². The molecular weight excluding hydrogens is 755 g/mol. The summed E-state index contributed by atoms with van der Waals surface area (Å²) in [5.41, 5.74) is 20.8. The molecule has 0 saturated heterocycles. The number of phenolic OH excluding ortho intramolecular Hbond substituents is 1. The second-order valence-electron chi connectivity index (χ2n) is 16.3. The first-order chi connectivity index (χ1) is 30.3. The topological polar surface area (TPSA) is 50.9 Å². The lowest BCUT2D eigenvalue weighted by atomic mass is 9.93. The highest BCUT2D eigenvalue weighted by Gasteiger charge is 2.23. The second kappa shape index (κ2) is 16.0. The van der Waals surface area contributed by atoms with E-state index in [1.165, 1.54) is 22.3 Å². The van der Waals surface area contributed by atoms with Crippen LogP contribution in [-0.4, -0.2) is 19.6 Å². The first-order valence-corrected chi connectivity index (χ1v) is 21.1. The minimum atomic E-state index is 0.231. The molecule has 10 aromatic rings. The summed E-state index contributed by atoms with van der Waals surface area (Å²) in [6.07, 6.45) is 1.91. The number of benzene rings is 8. The quantitative estimate of drug-likeness (QED) is 0.167. The summed E-state index contributed by atoms with van der Waals surface area (Å²) in [5, 5.41) is 11.7. The van der Waals surface area contributed by atoms with Crippen molar-refractivity contribution >= 4 is 11.0 Å². The zero-order valence-corrected chi connectivity index (χ0v) is 35.3. The van der Waals surface area contributed by atoms with Crippen LogP contribution in [0.4, 0.5) is 0 Å². The molecule has 62 heavy (non-hydrogen) atoms. The van der Waals surface area contributed by atoms with Gasteiger partial charge in [0.25, 0.3) is 0 Å². The molecule has 0 amide bonds. The minimum absolute atomic E-state index is 0.231. The van der Waals surface area contributed by atoms with E-state index in [9.17, 15) is 5.11 Å². The van der Waals surface area contributed by atoms with Gasteiger partial charge >= 0.3 is 0 Å². The molecule has 0 aliphatic rings. The predicted molar refractivity (Wildman–Crippen MR) is 258 cm³/mol. The van der Waals surface area contributed by atoms with Crippen molar-refractivity contribution in [1.29, 1.82) is 0 Å². The van der Waals surface area contributed by atoms with Gasteiger partial charge in [0.15, 0.2) is 0 Å². The van der Waals surface area contributed by atoms with Crippen molar-refractivity contribution in [2.75, 3.05) is 0 Å². The first-order valence-electron chi connectivity index (χ1n) is 21.1. The van der Waals surface area contributed by atoms with Gasteiger partial charge in [-0.2, -0.15) is 0 Å². The standard InChI is InChI=1S/C58H45N3O/c1-37-29-39(3)57(62)53(30-37)58-60-56-51(21-14-22-55(56)61(58)50-31-38(2)40(4)52(36-50)45-19-12-7-13-20-45)48-32-47(42-17-10-6-11-18-42)33-49(34-48)54-35-46(27-28-59-54)44-25-23-43(24-26-44)41-15-8-5-9-16-41/h5-36,62H,1-4H3. The summed E-state index contributed by atoms with van der Waals surface area (Å²) in [4.78, 5) is 10.5. The summed E-state index contributed by atoms with van der Waals surface area (Å²) in [5.74, 6) is 0.918. The van der Waals surface area contributed by atoms with Crippen LogP contribution in [0.2, 0.25) is 0 Å². The van der Waals surface area contributed by atoms with Crippen LogP contribution in [0.25, 0.3) is 95.0 Å². The Morgan fingerprint density at radius 1 is 0.419 bits per heavy atom. The molecule has 0 atom stereocenters. The third kappa shape index (κ3) is 7.16. The monoisotopic (exact) mass is 799 g/mol. The summed E-state index contributed by atoms with van der Waals surface area (Å²) in [6.45, 7) is 8.37. The molecule has 0 aliphatic heterocycles. The van der Waals surface area contributed by atoms with E-state index in [1.807, 2.05) is 31.3 Å². The molecule has 8 aromatic carbocycles. The van der Waals surface area contributed by atoms with Crippen molar-refractivity contribution in [3.63, 3.8) is 0 Å². The van der Waals surface area contributed by atoms with E-state index >= 15 is 0 Å². The number of para-hydroxylation sites is 1. The van der Waals surface area contributed by atoms with E-state index in [4.69, 9.17) is 9.97 Å². The maximum Gasteiger partial charge on any atom is 0.149 e. The van der Waals surface area contributed by atoms with Gasteiger partial charge in [0, 0.05) is 23.0 Å². The molecule has 0 spiro atoms. The fourth-order valence-electron chi connectivity index (χ4n) is 8.77. The van der Waals surface area contributed by atoms with Crippen molar-refractivity contribution in [2.45, 2.75) is 27.7 Å². The van der Waals surface area contributed by atoms with Crippen LogP contribution in [0.5, 0.6) is 5.75 Å². The zero-order valence-electron chi connectivity index (χ0n) is 35.3. The Balaban J connectivity index is 1.17. The van der Waals surface area contributed by atoms with Crippen LogP contribution in [-0.2, 0) is 0 Å². The van der Waals surface area contributed by atoms with Crippen molar-refractivity contribution < 1.29 is 5.11 Å². The Labute approximate surface area is 363 Å². The molecule has 0 bridgehead atoms. The second-order valence-corrected chi connectivity index (χ2v) is 16.3. The van der Waals surface area contributed by atoms with Gasteiger partial charge in [0.05, 0.1) is 22.3 Å². The normalized spacial score (nSPS) is 11.3. The molecule has 4 heteroatoms. The fourth-order valence-corrected chi connectivity index (χ4v) is 8.77. The molecule has 2 aromatic heterocycles. The maximum absolute atomic E-state index is 11.7. The molecule has 2 heterocycles. The van der Waals surface area contributed by atoms with Crippen molar-refractivity contribution in [1.82, 2.24) is 14.5 Å². The van der Waals surface area contributed by atoms with E-state index < -0.39 is 0 Å². The van der Waals surface area contributed by atoms with Gasteiger partial charge in [-0.3, -0.25) is 9.55 Å². The number of nitrogens with zero attached hydrogens (tertiary/aromatic N) is 3. The highest BCUT2D eigenvalue weighted by Crippen LogP contribution is 2.42. The lowest BCUT2D eigenvalue weighted by molar-refractivity contribution is 0.472. The van der Waals surface area contributed by atoms with Crippen molar-refractivity contribution in [3.8, 4) is 89.7 Å². The van der Waals surface area contributed by atoms with Gasteiger partial charge in [0.2, 0.25) is 0 Å². The number of imidazole rings is 1. The highest BCUT2D eigenvalue weighted by atomic mass is 16.3. The molecular formula is C58H45N3O. The average Bonchev–Trinajstić information content (AvgIpc) is 3.71. The lowest BCUT2D eigenvalue weighted by Crippen LogP contribution is -2.01. The molecule has 0 unspecified atom stereocenters. The third-order valence-electron chi connectivity index (χ3n) is 12.1. The maximum atomic E-state index is 11.7. The van der Waals surface area contributed by atoms with Crippen molar-refractivity contribution in [3.05, 3.63) is 217 Å². The van der Waals surface area contributed by atoms with Crippen molar-refractivity contribution in [2.24, 2.45) is 0 Å². The van der Waals surface area contributed by atoms with Crippen LogP contribution in [0.15, 0.2) is 194 Å². The van der Waals surface area contributed by atoms with Crippen LogP contribution in [0, 0.1) is 27.7 Å². The predicted octanol–water partition coefficient (Wildman–Crippen LogP) is 15.0. The number of pyridine rings is 1. The molecule has 4 nitrogen and oxygen atoms in total. The Kier molecular flexibility index (Phi) is 9.90. The Bertz CT molecular complexity index is 3260. The van der Waals surface area contributed by atoms with Gasteiger partial charge in [0.1, 0.15) is 11.6 Å². The van der Waals surface area contributed by atoms with Crippen LogP contribution in [0.1, 0.15) is 22.3 Å². The largest absolute Gasteiger partial charge is 0.507 e. The highest BCUT2D eigenvalue weighted by molar-refractivity contribution is 5.98. The third-order valence-corrected chi connectivity index (χ3v) is 12.1. The number of aromatic nitrogens is 3. The number of rotatable bonds is 8. The number of phenols is 1. The Hall–Kier alpha value is -7.82. The zero-order chi connectivity index (χ0) is 42.3. The molecule has 0 aliphatic carbocycles. The van der Waals surface area contributed by atoms with Gasteiger partial charge in [-0.15, -0.1) is 0 Å². The van der Waals surface area contributed by atoms with E-state index in [0.717, 1.165) is 83.6 Å². The summed E-state index contributed by atoms with van der Waals surface area (Å²) < 4.78 is 2.22. The molecule has 0 fully saturated rings. The molecule has 1 N–H and O–H groups in total. The molecule has 10 rings (SSSR count). The SMILES string of the molecule is Cc1cc(C)c(O)c(-c2nc3c(-c4cc(-c5ccccc5)cc(-c5cc(-c6ccc(-c7ccccc7)cc6)ccn5)c4)cccc3n2-c2cc(C)c(C)c(-c3ccccc3)c2)c1. The van der Waals surface area contributed by atoms with Gasteiger partial charge in [-0.1, -0.05) is 133 Å². The van der Waals surface area contributed by atoms with E-state index in [-0.39, 0.29) is 5.75 Å². The van der Waals surface area contributed by atoms with Gasteiger partial charge < -0.3 is 5.11 Å². The number of hydrogen-bond acceptors (Lipinski definition) is 3. The van der Waals surface area contributed by atoms with E-state index in [1.54, 1.807) is 0 Å².